The highest BCUT2D eigenvalue weighted by molar-refractivity contribution is 5.30. The van der Waals surface area contributed by atoms with Gasteiger partial charge >= 0.3 is 5.69 Å². The van der Waals surface area contributed by atoms with Gasteiger partial charge in [0.25, 0.3) is 5.56 Å². The van der Waals surface area contributed by atoms with Crippen molar-refractivity contribution in [3.63, 3.8) is 0 Å². The molecule has 0 fully saturated rings. The standard InChI is InChI=1S/C16H21N3O2/c1-12-4-5-14(10-13(12)2)11-18-9-6-15(20)19(16(18)21)8-3-7-17/h4-6,9-10H,3,7-8,11,17H2,1-2H3. The Morgan fingerprint density at radius 1 is 1.10 bits per heavy atom. The van der Waals surface area contributed by atoms with Gasteiger partial charge in [-0.05, 0) is 43.5 Å². The molecule has 0 aliphatic carbocycles. The van der Waals surface area contributed by atoms with Gasteiger partial charge in [0.05, 0.1) is 6.54 Å². The molecule has 1 aromatic carbocycles. The zero-order valence-corrected chi connectivity index (χ0v) is 12.5. The molecule has 0 amide bonds. The molecule has 2 aromatic rings. The zero-order valence-electron chi connectivity index (χ0n) is 12.5. The predicted octanol–water partition coefficient (Wildman–Crippen LogP) is 1.02. The molecule has 0 bridgehead atoms. The fourth-order valence-corrected chi connectivity index (χ4v) is 2.23. The van der Waals surface area contributed by atoms with Crippen LogP contribution in [0.1, 0.15) is 23.1 Å². The molecule has 5 heteroatoms. The van der Waals surface area contributed by atoms with Gasteiger partial charge in [0.1, 0.15) is 0 Å². The summed E-state index contributed by atoms with van der Waals surface area (Å²) in [6.07, 6.45) is 2.17. The lowest BCUT2D eigenvalue weighted by molar-refractivity contribution is 0.554. The summed E-state index contributed by atoms with van der Waals surface area (Å²) in [6.45, 7) is 5.38. The molecular formula is C16H21N3O2. The van der Waals surface area contributed by atoms with Crippen LogP contribution in [-0.4, -0.2) is 15.7 Å². The number of nitrogens with zero attached hydrogens (tertiary/aromatic N) is 2. The van der Waals surface area contributed by atoms with Crippen LogP contribution in [0.5, 0.6) is 0 Å². The maximum atomic E-state index is 12.3. The minimum absolute atomic E-state index is 0.273. The highest BCUT2D eigenvalue weighted by atomic mass is 16.2. The van der Waals surface area contributed by atoms with Crippen molar-refractivity contribution < 1.29 is 0 Å². The first-order chi connectivity index (χ1) is 10.0. The van der Waals surface area contributed by atoms with Gasteiger partial charge in [0.15, 0.2) is 0 Å². The van der Waals surface area contributed by atoms with Crippen molar-refractivity contribution in [2.75, 3.05) is 6.54 Å². The molecule has 2 N–H and O–H groups in total. The largest absolute Gasteiger partial charge is 0.331 e. The van der Waals surface area contributed by atoms with Crippen LogP contribution in [0, 0.1) is 13.8 Å². The maximum absolute atomic E-state index is 12.3. The maximum Gasteiger partial charge on any atom is 0.331 e. The Hall–Kier alpha value is -2.14. The van der Waals surface area contributed by atoms with Crippen LogP contribution in [0.15, 0.2) is 40.1 Å². The van der Waals surface area contributed by atoms with Gasteiger partial charge < -0.3 is 5.73 Å². The fraction of sp³-hybridized carbons (Fsp3) is 0.375. The average molecular weight is 287 g/mol. The van der Waals surface area contributed by atoms with Crippen LogP contribution >= 0.6 is 0 Å². The molecule has 0 aliphatic rings. The lowest BCUT2D eigenvalue weighted by Gasteiger charge is -2.10. The second-order valence-electron chi connectivity index (χ2n) is 5.28. The van der Waals surface area contributed by atoms with E-state index in [0.29, 0.717) is 26.1 Å². The van der Waals surface area contributed by atoms with E-state index in [4.69, 9.17) is 5.73 Å². The monoisotopic (exact) mass is 287 g/mol. The molecule has 5 nitrogen and oxygen atoms in total. The van der Waals surface area contributed by atoms with E-state index < -0.39 is 0 Å². The van der Waals surface area contributed by atoms with E-state index >= 15 is 0 Å². The number of aromatic nitrogens is 2. The van der Waals surface area contributed by atoms with E-state index in [0.717, 1.165) is 5.56 Å². The van der Waals surface area contributed by atoms with Gasteiger partial charge in [0.2, 0.25) is 0 Å². The Morgan fingerprint density at radius 3 is 2.52 bits per heavy atom. The number of benzene rings is 1. The van der Waals surface area contributed by atoms with E-state index in [2.05, 4.69) is 13.0 Å². The Balaban J connectivity index is 2.34. The minimum Gasteiger partial charge on any atom is -0.330 e. The Kier molecular flexibility index (Phi) is 4.75. The SMILES string of the molecule is Cc1ccc(Cn2ccc(=O)n(CCCN)c2=O)cc1C. The molecule has 0 spiro atoms. The van der Waals surface area contributed by atoms with E-state index in [1.165, 1.54) is 21.8 Å². The fourth-order valence-electron chi connectivity index (χ4n) is 2.23. The first kappa shape index (κ1) is 15.3. The average Bonchev–Trinajstić information content (AvgIpc) is 2.46. The first-order valence-corrected chi connectivity index (χ1v) is 7.09. The predicted molar refractivity (Wildman–Crippen MR) is 83.7 cm³/mol. The van der Waals surface area contributed by atoms with Crippen molar-refractivity contribution in [3.8, 4) is 0 Å². The summed E-state index contributed by atoms with van der Waals surface area (Å²) < 4.78 is 2.80. The topological polar surface area (TPSA) is 70.0 Å². The summed E-state index contributed by atoms with van der Waals surface area (Å²) in [7, 11) is 0. The molecule has 112 valence electrons. The molecule has 0 radical (unpaired) electrons. The van der Waals surface area contributed by atoms with E-state index in [1.807, 2.05) is 19.1 Å². The van der Waals surface area contributed by atoms with Crippen LogP contribution < -0.4 is 17.0 Å². The van der Waals surface area contributed by atoms with Crippen LogP contribution in [0.25, 0.3) is 0 Å². The quantitative estimate of drug-likeness (QED) is 0.892. The van der Waals surface area contributed by atoms with Gasteiger partial charge in [-0.3, -0.25) is 13.9 Å². The number of hydrogen-bond donors (Lipinski definition) is 1. The van der Waals surface area contributed by atoms with Gasteiger partial charge in [-0.15, -0.1) is 0 Å². The van der Waals surface area contributed by atoms with Gasteiger partial charge in [-0.1, -0.05) is 18.2 Å². The molecule has 0 unspecified atom stereocenters. The summed E-state index contributed by atoms with van der Waals surface area (Å²) in [5.41, 5.74) is 8.35. The van der Waals surface area contributed by atoms with Crippen molar-refractivity contribution in [3.05, 3.63) is 68.0 Å². The third kappa shape index (κ3) is 3.49. The van der Waals surface area contributed by atoms with Crippen molar-refractivity contribution in [2.24, 2.45) is 5.73 Å². The van der Waals surface area contributed by atoms with Gasteiger partial charge in [0, 0.05) is 18.8 Å². The lowest BCUT2D eigenvalue weighted by Crippen LogP contribution is -2.39. The number of rotatable bonds is 5. The van der Waals surface area contributed by atoms with Crippen LogP contribution in [-0.2, 0) is 13.1 Å². The molecule has 0 atom stereocenters. The molecule has 0 aliphatic heterocycles. The second kappa shape index (κ2) is 6.54. The van der Waals surface area contributed by atoms with Crippen molar-refractivity contribution in [2.45, 2.75) is 33.4 Å². The minimum atomic E-state index is -0.283. The normalized spacial score (nSPS) is 10.8. The Morgan fingerprint density at radius 2 is 1.86 bits per heavy atom. The summed E-state index contributed by atoms with van der Waals surface area (Å²) in [5.74, 6) is 0. The smallest absolute Gasteiger partial charge is 0.330 e. The third-order valence-electron chi connectivity index (χ3n) is 3.65. The van der Waals surface area contributed by atoms with E-state index in [9.17, 15) is 9.59 Å². The molecule has 1 heterocycles. The first-order valence-electron chi connectivity index (χ1n) is 7.09. The zero-order chi connectivity index (χ0) is 15.4. The Bertz CT molecular complexity index is 744. The molecule has 1 aromatic heterocycles. The second-order valence-corrected chi connectivity index (χ2v) is 5.28. The van der Waals surface area contributed by atoms with Crippen LogP contribution in [0.3, 0.4) is 0 Å². The number of aryl methyl sites for hydroxylation is 2. The van der Waals surface area contributed by atoms with Crippen LogP contribution in [0.2, 0.25) is 0 Å². The van der Waals surface area contributed by atoms with E-state index in [-0.39, 0.29) is 11.2 Å². The summed E-state index contributed by atoms with van der Waals surface area (Å²) >= 11 is 0. The highest BCUT2D eigenvalue weighted by Gasteiger charge is 2.06. The lowest BCUT2D eigenvalue weighted by atomic mass is 10.1. The molecule has 21 heavy (non-hydrogen) atoms. The van der Waals surface area contributed by atoms with Gasteiger partial charge in [-0.25, -0.2) is 4.79 Å². The summed E-state index contributed by atoms with van der Waals surface area (Å²) in [6, 6.07) is 7.54. The number of hydrogen-bond acceptors (Lipinski definition) is 3. The van der Waals surface area contributed by atoms with Crippen molar-refractivity contribution in [1.29, 1.82) is 0 Å². The molecular weight excluding hydrogens is 266 g/mol. The van der Waals surface area contributed by atoms with Gasteiger partial charge in [-0.2, -0.15) is 0 Å². The van der Waals surface area contributed by atoms with Crippen molar-refractivity contribution >= 4 is 0 Å². The molecule has 0 saturated heterocycles. The third-order valence-corrected chi connectivity index (χ3v) is 3.65. The van der Waals surface area contributed by atoms with E-state index in [1.54, 1.807) is 10.8 Å². The Labute approximate surface area is 123 Å². The molecule has 2 rings (SSSR count). The number of nitrogens with two attached hydrogens (primary N) is 1. The summed E-state index contributed by atoms with van der Waals surface area (Å²) in [4.78, 5) is 24.1. The summed E-state index contributed by atoms with van der Waals surface area (Å²) in [5, 5.41) is 0. The molecule has 0 saturated carbocycles. The van der Waals surface area contributed by atoms with Crippen LogP contribution in [0.4, 0.5) is 0 Å². The highest BCUT2D eigenvalue weighted by Crippen LogP contribution is 2.10. The van der Waals surface area contributed by atoms with Crippen molar-refractivity contribution in [1.82, 2.24) is 9.13 Å².